The van der Waals surface area contributed by atoms with E-state index in [0.717, 1.165) is 18.3 Å². The van der Waals surface area contributed by atoms with Gasteiger partial charge in [-0.2, -0.15) is 0 Å². The topological polar surface area (TPSA) is 26.0 Å². The Morgan fingerprint density at radius 3 is 2.50 bits per heavy atom. The number of rotatable bonds is 3. The van der Waals surface area contributed by atoms with Crippen molar-refractivity contribution in [2.24, 2.45) is 17.6 Å². The van der Waals surface area contributed by atoms with E-state index in [-0.39, 0.29) is 0 Å². The maximum Gasteiger partial charge on any atom is 0.0130 e. The first-order valence-electron chi connectivity index (χ1n) is 5.17. The molecule has 76 valence electrons. The summed E-state index contributed by atoms with van der Waals surface area (Å²) < 4.78 is 1.29. The molecule has 2 N–H and O–H groups in total. The minimum atomic E-state index is 0.366. The third kappa shape index (κ3) is 2.48. The summed E-state index contributed by atoms with van der Waals surface area (Å²) in [6.07, 6.45) is 2.36. The Balaban J connectivity index is 1.93. The minimum Gasteiger partial charge on any atom is -0.327 e. The van der Waals surface area contributed by atoms with Crippen LogP contribution in [0, 0.1) is 15.4 Å². The molecule has 1 nitrogen and oxygen atoms in total. The second-order valence-electron chi connectivity index (χ2n) is 4.37. The van der Waals surface area contributed by atoms with Gasteiger partial charge in [-0.15, -0.1) is 0 Å². The van der Waals surface area contributed by atoms with Crippen LogP contribution in [0.3, 0.4) is 0 Å². The fourth-order valence-corrected chi connectivity index (χ4v) is 2.35. The fourth-order valence-electron chi connectivity index (χ4n) is 1.99. The Hall–Kier alpha value is -0.0900. The lowest BCUT2D eigenvalue weighted by Gasteiger charge is -2.10. The Morgan fingerprint density at radius 1 is 1.43 bits per heavy atom. The lowest BCUT2D eigenvalue weighted by Crippen LogP contribution is -2.25. The molecule has 2 rings (SSSR count). The molecule has 0 spiro atoms. The molecule has 1 aliphatic rings. The first-order valence-corrected chi connectivity index (χ1v) is 6.24. The Kier molecular flexibility index (Phi) is 3.12. The highest BCUT2D eigenvalue weighted by Gasteiger charge is 2.37. The number of nitrogens with two attached hydrogens (primary N) is 1. The van der Waals surface area contributed by atoms with Gasteiger partial charge in [-0.1, -0.05) is 19.1 Å². The number of benzene rings is 1. The Bertz CT molecular complexity index is 307. The van der Waals surface area contributed by atoms with Gasteiger partial charge in [0.05, 0.1) is 0 Å². The van der Waals surface area contributed by atoms with Crippen molar-refractivity contribution in [2.45, 2.75) is 25.8 Å². The van der Waals surface area contributed by atoms with Crippen molar-refractivity contribution in [1.82, 2.24) is 0 Å². The lowest BCUT2D eigenvalue weighted by molar-refractivity contribution is 0.560. The molecule has 1 saturated carbocycles. The Labute approximate surface area is 99.2 Å². The van der Waals surface area contributed by atoms with Gasteiger partial charge >= 0.3 is 0 Å². The van der Waals surface area contributed by atoms with Gasteiger partial charge < -0.3 is 5.73 Å². The summed E-state index contributed by atoms with van der Waals surface area (Å²) in [4.78, 5) is 0. The van der Waals surface area contributed by atoms with Crippen molar-refractivity contribution in [3.63, 3.8) is 0 Å². The summed E-state index contributed by atoms with van der Waals surface area (Å²) in [5.74, 6) is 1.63. The van der Waals surface area contributed by atoms with E-state index >= 15 is 0 Å². The van der Waals surface area contributed by atoms with Gasteiger partial charge in [0.1, 0.15) is 0 Å². The summed E-state index contributed by atoms with van der Waals surface area (Å²) in [6, 6.07) is 9.05. The average molecular weight is 301 g/mol. The molecule has 0 amide bonds. The second kappa shape index (κ2) is 4.19. The molecule has 0 heterocycles. The minimum absolute atomic E-state index is 0.366. The number of hydrogen-bond acceptors (Lipinski definition) is 1. The van der Waals surface area contributed by atoms with Crippen molar-refractivity contribution in [3.05, 3.63) is 33.4 Å². The lowest BCUT2D eigenvalue weighted by atomic mass is 10.0. The van der Waals surface area contributed by atoms with Crippen molar-refractivity contribution in [2.75, 3.05) is 0 Å². The summed E-state index contributed by atoms with van der Waals surface area (Å²) in [5, 5.41) is 0. The van der Waals surface area contributed by atoms with Crippen LogP contribution < -0.4 is 5.73 Å². The van der Waals surface area contributed by atoms with Crippen LogP contribution in [0.25, 0.3) is 0 Å². The molecule has 0 aliphatic heterocycles. The van der Waals surface area contributed by atoms with Crippen LogP contribution in [0.4, 0.5) is 0 Å². The van der Waals surface area contributed by atoms with E-state index in [0.29, 0.717) is 6.04 Å². The van der Waals surface area contributed by atoms with E-state index in [1.165, 1.54) is 15.6 Å². The molecule has 1 aliphatic carbocycles. The van der Waals surface area contributed by atoms with Crippen LogP contribution in [0.2, 0.25) is 0 Å². The molecular formula is C12H16IN. The standard InChI is InChI=1S/C12H16IN/c1-8-6-11(8)12(14)7-9-2-4-10(13)5-3-9/h2-5,8,11-12H,6-7,14H2,1H3. The molecule has 2 heteroatoms. The average Bonchev–Trinajstić information content (AvgIpc) is 2.87. The molecule has 1 aromatic carbocycles. The van der Waals surface area contributed by atoms with E-state index in [2.05, 4.69) is 53.8 Å². The van der Waals surface area contributed by atoms with Gasteiger partial charge in [0, 0.05) is 9.61 Å². The van der Waals surface area contributed by atoms with E-state index in [9.17, 15) is 0 Å². The smallest absolute Gasteiger partial charge is 0.0130 e. The molecule has 0 bridgehead atoms. The zero-order valence-electron chi connectivity index (χ0n) is 8.41. The van der Waals surface area contributed by atoms with Crippen molar-refractivity contribution >= 4 is 22.6 Å². The van der Waals surface area contributed by atoms with Crippen LogP contribution in [-0.4, -0.2) is 6.04 Å². The van der Waals surface area contributed by atoms with E-state index < -0.39 is 0 Å². The SMILES string of the molecule is CC1CC1C(N)Cc1ccc(I)cc1. The van der Waals surface area contributed by atoms with E-state index in [1.807, 2.05) is 0 Å². The van der Waals surface area contributed by atoms with Gasteiger partial charge in [0.15, 0.2) is 0 Å². The van der Waals surface area contributed by atoms with Crippen molar-refractivity contribution in [3.8, 4) is 0 Å². The maximum atomic E-state index is 6.14. The van der Waals surface area contributed by atoms with Gasteiger partial charge in [-0.05, 0) is 65.0 Å². The highest BCUT2D eigenvalue weighted by molar-refractivity contribution is 14.1. The highest BCUT2D eigenvalue weighted by atomic mass is 127. The fraction of sp³-hybridized carbons (Fsp3) is 0.500. The summed E-state index contributed by atoms with van der Waals surface area (Å²) in [5.41, 5.74) is 7.51. The molecule has 1 fully saturated rings. The maximum absolute atomic E-state index is 6.14. The number of hydrogen-bond donors (Lipinski definition) is 1. The van der Waals surface area contributed by atoms with Crippen LogP contribution in [0.15, 0.2) is 24.3 Å². The van der Waals surface area contributed by atoms with Gasteiger partial charge in [-0.3, -0.25) is 0 Å². The van der Waals surface area contributed by atoms with Crippen LogP contribution in [0.5, 0.6) is 0 Å². The normalized spacial score (nSPS) is 27.4. The van der Waals surface area contributed by atoms with Crippen molar-refractivity contribution in [1.29, 1.82) is 0 Å². The third-order valence-electron chi connectivity index (χ3n) is 3.11. The third-order valence-corrected chi connectivity index (χ3v) is 3.83. The van der Waals surface area contributed by atoms with Crippen LogP contribution in [0.1, 0.15) is 18.9 Å². The van der Waals surface area contributed by atoms with Crippen LogP contribution >= 0.6 is 22.6 Å². The first-order chi connectivity index (χ1) is 6.66. The predicted octanol–water partition coefficient (Wildman–Crippen LogP) is 2.82. The predicted molar refractivity (Wildman–Crippen MR) is 68.1 cm³/mol. The van der Waals surface area contributed by atoms with Crippen molar-refractivity contribution < 1.29 is 0 Å². The molecule has 14 heavy (non-hydrogen) atoms. The molecular weight excluding hydrogens is 285 g/mol. The highest BCUT2D eigenvalue weighted by Crippen LogP contribution is 2.40. The summed E-state index contributed by atoms with van der Waals surface area (Å²) in [7, 11) is 0. The quantitative estimate of drug-likeness (QED) is 0.854. The monoisotopic (exact) mass is 301 g/mol. The molecule has 0 aromatic heterocycles. The number of halogens is 1. The second-order valence-corrected chi connectivity index (χ2v) is 5.62. The molecule has 1 aromatic rings. The van der Waals surface area contributed by atoms with Gasteiger partial charge in [-0.25, -0.2) is 0 Å². The zero-order valence-corrected chi connectivity index (χ0v) is 10.6. The van der Waals surface area contributed by atoms with E-state index in [4.69, 9.17) is 5.73 Å². The summed E-state index contributed by atoms with van der Waals surface area (Å²) in [6.45, 7) is 2.29. The largest absolute Gasteiger partial charge is 0.327 e. The Morgan fingerprint density at radius 2 is 2.00 bits per heavy atom. The summed E-state index contributed by atoms with van der Waals surface area (Å²) >= 11 is 2.33. The molecule has 0 radical (unpaired) electrons. The molecule has 3 atom stereocenters. The zero-order chi connectivity index (χ0) is 10.1. The van der Waals surface area contributed by atoms with E-state index in [1.54, 1.807) is 0 Å². The van der Waals surface area contributed by atoms with Gasteiger partial charge in [0.25, 0.3) is 0 Å². The molecule has 3 unspecified atom stereocenters. The molecule has 0 saturated heterocycles. The van der Waals surface area contributed by atoms with Gasteiger partial charge in [0.2, 0.25) is 0 Å². The van der Waals surface area contributed by atoms with Crippen LogP contribution in [-0.2, 0) is 6.42 Å². The first kappa shape index (κ1) is 10.4.